The van der Waals surface area contributed by atoms with Crippen LogP contribution in [0.4, 0.5) is 10.5 Å². The second kappa shape index (κ2) is 9.61. The average molecular weight is 403 g/mol. The fraction of sp³-hybridized carbons (Fsp3) is 0.360. The predicted molar refractivity (Wildman–Crippen MR) is 121 cm³/mol. The number of rotatable bonds is 6. The Hall–Kier alpha value is -3.08. The normalized spacial score (nSPS) is 14.4. The van der Waals surface area contributed by atoms with Gasteiger partial charge in [-0.15, -0.1) is 0 Å². The Morgan fingerprint density at radius 1 is 1.03 bits per heavy atom. The van der Waals surface area contributed by atoms with Crippen LogP contribution in [-0.2, 0) is 13.1 Å². The highest BCUT2D eigenvalue weighted by atomic mass is 16.2. The molecule has 2 aromatic carbocycles. The summed E-state index contributed by atoms with van der Waals surface area (Å²) in [4.78, 5) is 15.2. The molecule has 0 saturated heterocycles. The molecule has 1 aliphatic rings. The second-order valence-electron chi connectivity index (χ2n) is 7.94. The molecule has 0 atom stereocenters. The number of anilines is 1. The lowest BCUT2D eigenvalue weighted by atomic mass is 9.94. The molecular formula is C25H30N4O. The summed E-state index contributed by atoms with van der Waals surface area (Å²) in [6, 6.07) is 18.6. The third-order valence-corrected chi connectivity index (χ3v) is 5.88. The van der Waals surface area contributed by atoms with Crippen molar-refractivity contribution in [1.82, 2.24) is 15.1 Å². The molecule has 1 aliphatic carbocycles. The van der Waals surface area contributed by atoms with Crippen molar-refractivity contribution >= 4 is 11.7 Å². The van der Waals surface area contributed by atoms with E-state index in [2.05, 4.69) is 47.8 Å². The number of aromatic nitrogens is 2. The molecule has 5 heteroatoms. The van der Waals surface area contributed by atoms with Crippen molar-refractivity contribution in [2.24, 2.45) is 0 Å². The first-order chi connectivity index (χ1) is 14.7. The maximum absolute atomic E-state index is 13.2. The van der Waals surface area contributed by atoms with Crippen molar-refractivity contribution in [3.63, 3.8) is 0 Å². The average Bonchev–Trinajstić information content (AvgIpc) is 3.29. The molecule has 1 saturated carbocycles. The van der Waals surface area contributed by atoms with Gasteiger partial charge in [-0.1, -0.05) is 61.7 Å². The van der Waals surface area contributed by atoms with E-state index in [4.69, 9.17) is 0 Å². The molecule has 4 rings (SSSR count). The molecular weight excluding hydrogens is 372 g/mol. The summed E-state index contributed by atoms with van der Waals surface area (Å²) >= 11 is 0. The van der Waals surface area contributed by atoms with E-state index in [0.29, 0.717) is 6.54 Å². The van der Waals surface area contributed by atoms with Gasteiger partial charge in [-0.2, -0.15) is 5.10 Å². The SMILES string of the molecule is CCn1cc(-c2ccc(N(C(=O)NCc3ccccc3)C3CCCCC3)cc2)cn1. The molecule has 0 unspecified atom stereocenters. The molecule has 0 radical (unpaired) electrons. The van der Waals surface area contributed by atoms with E-state index < -0.39 is 0 Å². The fourth-order valence-electron chi connectivity index (χ4n) is 4.19. The van der Waals surface area contributed by atoms with Crippen molar-refractivity contribution in [1.29, 1.82) is 0 Å². The number of urea groups is 1. The summed E-state index contributed by atoms with van der Waals surface area (Å²) in [7, 11) is 0. The summed E-state index contributed by atoms with van der Waals surface area (Å²) in [5, 5.41) is 7.49. The van der Waals surface area contributed by atoms with Gasteiger partial charge < -0.3 is 5.32 Å². The molecule has 5 nitrogen and oxygen atoms in total. The van der Waals surface area contributed by atoms with Gasteiger partial charge in [0.15, 0.2) is 0 Å². The number of carbonyl (C=O) groups excluding carboxylic acids is 1. The standard InChI is InChI=1S/C25H30N4O/c1-2-28-19-22(18-27-28)21-13-15-24(16-14-21)29(23-11-7-4-8-12-23)25(30)26-17-20-9-5-3-6-10-20/h3,5-6,9-10,13-16,18-19,23H,2,4,7-8,11-12,17H2,1H3,(H,26,30). The minimum atomic E-state index is -0.0164. The van der Waals surface area contributed by atoms with Gasteiger partial charge in [0, 0.05) is 36.6 Å². The maximum atomic E-state index is 13.2. The van der Waals surface area contributed by atoms with Crippen LogP contribution in [0.1, 0.15) is 44.6 Å². The zero-order chi connectivity index (χ0) is 20.8. The number of hydrogen-bond donors (Lipinski definition) is 1. The lowest BCUT2D eigenvalue weighted by Gasteiger charge is -2.34. The van der Waals surface area contributed by atoms with Crippen LogP contribution in [0.3, 0.4) is 0 Å². The number of nitrogens with one attached hydrogen (secondary N) is 1. The zero-order valence-corrected chi connectivity index (χ0v) is 17.6. The third-order valence-electron chi connectivity index (χ3n) is 5.88. The van der Waals surface area contributed by atoms with Gasteiger partial charge in [0.2, 0.25) is 0 Å². The summed E-state index contributed by atoms with van der Waals surface area (Å²) in [5.74, 6) is 0. The summed E-state index contributed by atoms with van der Waals surface area (Å²) in [5.41, 5.74) is 4.28. The van der Waals surface area contributed by atoms with Crippen LogP contribution in [-0.4, -0.2) is 21.9 Å². The molecule has 1 heterocycles. The number of carbonyl (C=O) groups is 1. The highest BCUT2D eigenvalue weighted by molar-refractivity contribution is 5.93. The molecule has 2 amide bonds. The van der Waals surface area contributed by atoms with Crippen LogP contribution < -0.4 is 10.2 Å². The first-order valence-corrected chi connectivity index (χ1v) is 11.0. The van der Waals surface area contributed by atoms with Crippen molar-refractivity contribution < 1.29 is 4.79 Å². The predicted octanol–water partition coefficient (Wildman–Crippen LogP) is 5.62. The topological polar surface area (TPSA) is 50.2 Å². The Morgan fingerprint density at radius 3 is 2.43 bits per heavy atom. The van der Waals surface area contributed by atoms with Crippen LogP contribution in [0.2, 0.25) is 0 Å². The molecule has 1 N–H and O–H groups in total. The van der Waals surface area contributed by atoms with E-state index >= 15 is 0 Å². The minimum Gasteiger partial charge on any atom is -0.334 e. The highest BCUT2D eigenvalue weighted by Crippen LogP contribution is 2.29. The Bertz CT molecular complexity index is 943. The molecule has 0 spiro atoms. The maximum Gasteiger partial charge on any atom is 0.322 e. The molecule has 156 valence electrons. The highest BCUT2D eigenvalue weighted by Gasteiger charge is 2.26. The number of aryl methyl sites for hydroxylation is 1. The molecule has 3 aromatic rings. The van der Waals surface area contributed by atoms with Gasteiger partial charge in [-0.05, 0) is 43.0 Å². The van der Waals surface area contributed by atoms with Crippen LogP contribution >= 0.6 is 0 Å². The summed E-state index contributed by atoms with van der Waals surface area (Å²) in [6.07, 6.45) is 9.69. The number of benzene rings is 2. The summed E-state index contributed by atoms with van der Waals surface area (Å²) < 4.78 is 1.93. The van der Waals surface area contributed by atoms with Gasteiger partial charge in [-0.25, -0.2) is 4.79 Å². The zero-order valence-electron chi connectivity index (χ0n) is 17.6. The van der Waals surface area contributed by atoms with Gasteiger partial charge in [0.1, 0.15) is 0 Å². The molecule has 1 fully saturated rings. The second-order valence-corrected chi connectivity index (χ2v) is 7.94. The van der Waals surface area contributed by atoms with E-state index in [0.717, 1.165) is 41.8 Å². The van der Waals surface area contributed by atoms with E-state index in [9.17, 15) is 4.79 Å². The Balaban J connectivity index is 1.53. The first kappa shape index (κ1) is 20.2. The van der Waals surface area contributed by atoms with Crippen molar-refractivity contribution in [3.8, 4) is 11.1 Å². The monoisotopic (exact) mass is 402 g/mol. The quantitative estimate of drug-likeness (QED) is 0.582. The Labute approximate surface area is 178 Å². The third kappa shape index (κ3) is 4.73. The first-order valence-electron chi connectivity index (χ1n) is 11.0. The van der Waals surface area contributed by atoms with Gasteiger partial charge in [-0.3, -0.25) is 9.58 Å². The van der Waals surface area contributed by atoms with Crippen LogP contribution in [0.5, 0.6) is 0 Å². The molecule has 30 heavy (non-hydrogen) atoms. The number of nitrogens with zero attached hydrogens (tertiary/aromatic N) is 3. The lowest BCUT2D eigenvalue weighted by molar-refractivity contribution is 0.241. The van der Waals surface area contributed by atoms with Gasteiger partial charge >= 0.3 is 6.03 Å². The van der Waals surface area contributed by atoms with Gasteiger partial charge in [0.05, 0.1) is 6.20 Å². The van der Waals surface area contributed by atoms with Crippen LogP contribution in [0.15, 0.2) is 67.0 Å². The molecule has 0 bridgehead atoms. The largest absolute Gasteiger partial charge is 0.334 e. The molecule has 0 aliphatic heterocycles. The number of hydrogen-bond acceptors (Lipinski definition) is 2. The smallest absolute Gasteiger partial charge is 0.322 e. The van der Waals surface area contributed by atoms with Crippen LogP contribution in [0, 0.1) is 0 Å². The van der Waals surface area contributed by atoms with E-state index in [1.807, 2.05) is 46.1 Å². The van der Waals surface area contributed by atoms with Gasteiger partial charge in [0.25, 0.3) is 0 Å². The molecule has 1 aromatic heterocycles. The van der Waals surface area contributed by atoms with Crippen molar-refractivity contribution in [3.05, 3.63) is 72.6 Å². The number of amides is 2. The minimum absolute atomic E-state index is 0.0164. The van der Waals surface area contributed by atoms with E-state index in [-0.39, 0.29) is 12.1 Å². The van der Waals surface area contributed by atoms with Crippen molar-refractivity contribution in [2.45, 2.75) is 58.2 Å². The van der Waals surface area contributed by atoms with Crippen molar-refractivity contribution in [2.75, 3.05) is 4.90 Å². The summed E-state index contributed by atoms with van der Waals surface area (Å²) in [6.45, 7) is 3.47. The fourth-order valence-corrected chi connectivity index (χ4v) is 4.19. The Morgan fingerprint density at radius 2 is 1.77 bits per heavy atom. The van der Waals surface area contributed by atoms with E-state index in [1.54, 1.807) is 0 Å². The van der Waals surface area contributed by atoms with Crippen LogP contribution in [0.25, 0.3) is 11.1 Å². The Kier molecular flexibility index (Phi) is 6.47. The lowest BCUT2D eigenvalue weighted by Crippen LogP contribution is -2.47. The van der Waals surface area contributed by atoms with E-state index in [1.165, 1.54) is 19.3 Å².